The number of hydrogen-bond donors (Lipinski definition) is 1. The molecule has 0 amide bonds. The Morgan fingerprint density at radius 1 is 0.875 bits per heavy atom. The monoisotopic (exact) mass is 331 g/mol. The van der Waals surface area contributed by atoms with Gasteiger partial charge in [-0.3, -0.25) is 0 Å². The third-order valence-electron chi connectivity index (χ3n) is 4.11. The van der Waals surface area contributed by atoms with Crippen LogP contribution in [0.1, 0.15) is 11.1 Å². The molecule has 1 N–H and O–H groups in total. The zero-order valence-electron chi connectivity index (χ0n) is 13.6. The molecule has 0 radical (unpaired) electrons. The van der Waals surface area contributed by atoms with E-state index < -0.39 is 0 Å². The van der Waals surface area contributed by atoms with Crippen LogP contribution in [0.3, 0.4) is 0 Å². The number of rotatable bonds is 3. The van der Waals surface area contributed by atoms with Crippen molar-refractivity contribution in [2.24, 2.45) is 0 Å². The van der Waals surface area contributed by atoms with Gasteiger partial charge in [0.1, 0.15) is 5.82 Å². The fraction of sp³-hybridized carbons (Fsp3) is 0.100. The molecule has 0 atom stereocenters. The van der Waals surface area contributed by atoms with Crippen LogP contribution in [-0.2, 0) is 0 Å². The van der Waals surface area contributed by atoms with E-state index in [0.717, 1.165) is 33.1 Å². The fourth-order valence-electron chi connectivity index (χ4n) is 2.64. The average molecular weight is 331 g/mol. The lowest BCUT2D eigenvalue weighted by Crippen LogP contribution is -1.99. The first kappa shape index (κ1) is 14.8. The molecule has 3 nitrogen and oxygen atoms in total. The Hall–Kier alpha value is -2.72. The van der Waals surface area contributed by atoms with E-state index in [1.165, 1.54) is 11.1 Å². The van der Waals surface area contributed by atoms with Crippen molar-refractivity contribution in [2.45, 2.75) is 13.8 Å². The summed E-state index contributed by atoms with van der Waals surface area (Å²) in [7, 11) is 0. The van der Waals surface area contributed by atoms with Crippen LogP contribution in [0.2, 0.25) is 0 Å². The molecule has 0 fully saturated rings. The van der Waals surface area contributed by atoms with Crippen molar-refractivity contribution in [3.8, 4) is 10.7 Å². The number of para-hydroxylation sites is 1. The summed E-state index contributed by atoms with van der Waals surface area (Å²) in [6.07, 6.45) is 0. The molecule has 0 bridgehead atoms. The van der Waals surface area contributed by atoms with Crippen LogP contribution in [0.15, 0.2) is 60.0 Å². The van der Waals surface area contributed by atoms with E-state index >= 15 is 0 Å². The molecule has 24 heavy (non-hydrogen) atoms. The van der Waals surface area contributed by atoms with Crippen LogP contribution in [0.25, 0.3) is 21.6 Å². The quantitative estimate of drug-likeness (QED) is 0.522. The minimum Gasteiger partial charge on any atom is -0.340 e. The van der Waals surface area contributed by atoms with Crippen LogP contribution in [0.5, 0.6) is 0 Å². The largest absolute Gasteiger partial charge is 0.340 e. The second-order valence-corrected chi connectivity index (χ2v) is 6.76. The van der Waals surface area contributed by atoms with Gasteiger partial charge in [0.05, 0.1) is 10.4 Å². The molecule has 4 heteroatoms. The third-order valence-corrected chi connectivity index (χ3v) is 4.98. The summed E-state index contributed by atoms with van der Waals surface area (Å²) in [4.78, 5) is 10.6. The summed E-state index contributed by atoms with van der Waals surface area (Å²) < 4.78 is 0. The molecule has 2 aromatic carbocycles. The maximum absolute atomic E-state index is 4.78. The standard InChI is InChI=1S/C20H17N3S/c1-13-9-10-15(12-14(13)2)21-19-16-6-3-4-7-17(16)22-20(23-19)18-8-5-11-24-18/h3-12H,1-2H3,(H,21,22,23). The highest BCUT2D eigenvalue weighted by Crippen LogP contribution is 2.29. The van der Waals surface area contributed by atoms with E-state index in [9.17, 15) is 0 Å². The smallest absolute Gasteiger partial charge is 0.172 e. The normalized spacial score (nSPS) is 10.9. The van der Waals surface area contributed by atoms with Gasteiger partial charge >= 0.3 is 0 Å². The maximum atomic E-state index is 4.78. The Bertz CT molecular complexity index is 1010. The van der Waals surface area contributed by atoms with Gasteiger partial charge in [-0.05, 0) is 60.7 Å². The summed E-state index contributed by atoms with van der Waals surface area (Å²) in [5.41, 5.74) is 4.53. The molecule has 4 aromatic rings. The summed E-state index contributed by atoms with van der Waals surface area (Å²) >= 11 is 1.65. The number of nitrogens with one attached hydrogen (secondary N) is 1. The van der Waals surface area contributed by atoms with E-state index in [1.54, 1.807) is 11.3 Å². The predicted molar refractivity (Wildman–Crippen MR) is 102 cm³/mol. The van der Waals surface area contributed by atoms with Crippen LogP contribution >= 0.6 is 11.3 Å². The van der Waals surface area contributed by atoms with Gasteiger partial charge < -0.3 is 5.32 Å². The molecule has 0 aliphatic carbocycles. The van der Waals surface area contributed by atoms with Crippen molar-refractivity contribution >= 4 is 33.7 Å². The Balaban J connectivity index is 1.85. The van der Waals surface area contributed by atoms with Gasteiger partial charge in [0, 0.05) is 11.1 Å². The molecule has 0 saturated carbocycles. The molecule has 0 aliphatic rings. The Morgan fingerprint density at radius 2 is 1.75 bits per heavy atom. The van der Waals surface area contributed by atoms with E-state index in [2.05, 4.69) is 49.5 Å². The van der Waals surface area contributed by atoms with E-state index in [0.29, 0.717) is 0 Å². The van der Waals surface area contributed by atoms with E-state index in [4.69, 9.17) is 9.97 Å². The van der Waals surface area contributed by atoms with Crippen LogP contribution in [-0.4, -0.2) is 9.97 Å². The number of nitrogens with zero attached hydrogens (tertiary/aromatic N) is 2. The maximum Gasteiger partial charge on any atom is 0.172 e. The molecule has 0 unspecified atom stereocenters. The minimum atomic E-state index is 0.759. The van der Waals surface area contributed by atoms with Gasteiger partial charge in [-0.15, -0.1) is 11.3 Å². The van der Waals surface area contributed by atoms with Crippen LogP contribution in [0.4, 0.5) is 11.5 Å². The second-order valence-electron chi connectivity index (χ2n) is 5.81. The van der Waals surface area contributed by atoms with Crippen molar-refractivity contribution in [3.63, 3.8) is 0 Å². The van der Waals surface area contributed by atoms with Crippen LogP contribution in [0, 0.1) is 13.8 Å². The molecule has 2 heterocycles. The second kappa shape index (κ2) is 6.06. The van der Waals surface area contributed by atoms with Crippen LogP contribution < -0.4 is 5.32 Å². The first-order valence-corrected chi connectivity index (χ1v) is 8.73. The summed E-state index contributed by atoms with van der Waals surface area (Å²) in [5, 5.41) is 6.54. The van der Waals surface area contributed by atoms with Gasteiger partial charge in [-0.1, -0.05) is 24.3 Å². The highest BCUT2D eigenvalue weighted by Gasteiger charge is 2.10. The number of anilines is 2. The topological polar surface area (TPSA) is 37.8 Å². The van der Waals surface area contributed by atoms with Gasteiger partial charge in [0.25, 0.3) is 0 Å². The summed E-state index contributed by atoms with van der Waals surface area (Å²) in [6, 6.07) is 18.5. The minimum absolute atomic E-state index is 0.759. The number of aryl methyl sites for hydroxylation is 2. The Morgan fingerprint density at radius 3 is 2.54 bits per heavy atom. The van der Waals surface area contributed by atoms with Crippen molar-refractivity contribution < 1.29 is 0 Å². The van der Waals surface area contributed by atoms with Gasteiger partial charge in [-0.25, -0.2) is 9.97 Å². The fourth-order valence-corrected chi connectivity index (χ4v) is 3.30. The molecule has 0 aliphatic heterocycles. The van der Waals surface area contributed by atoms with Crippen molar-refractivity contribution in [2.75, 3.05) is 5.32 Å². The average Bonchev–Trinajstić information content (AvgIpc) is 3.13. The summed E-state index contributed by atoms with van der Waals surface area (Å²) in [6.45, 7) is 4.24. The Kier molecular flexibility index (Phi) is 3.75. The molecule has 118 valence electrons. The first-order chi connectivity index (χ1) is 11.7. The van der Waals surface area contributed by atoms with Crippen molar-refractivity contribution in [3.05, 3.63) is 71.1 Å². The van der Waals surface area contributed by atoms with Gasteiger partial charge in [-0.2, -0.15) is 0 Å². The molecular formula is C20H17N3S. The zero-order valence-corrected chi connectivity index (χ0v) is 14.4. The number of hydrogen-bond acceptors (Lipinski definition) is 4. The number of thiophene rings is 1. The van der Waals surface area contributed by atoms with E-state index in [-0.39, 0.29) is 0 Å². The lowest BCUT2D eigenvalue weighted by Gasteiger charge is -2.11. The van der Waals surface area contributed by atoms with E-state index in [1.807, 2.05) is 29.6 Å². The molecule has 0 spiro atoms. The highest BCUT2D eigenvalue weighted by atomic mass is 32.1. The molecule has 0 saturated heterocycles. The highest BCUT2D eigenvalue weighted by molar-refractivity contribution is 7.13. The number of fused-ring (bicyclic) bond motifs is 1. The third kappa shape index (κ3) is 2.76. The predicted octanol–water partition coefficient (Wildman–Crippen LogP) is 5.72. The van der Waals surface area contributed by atoms with Gasteiger partial charge in [0.15, 0.2) is 5.82 Å². The lowest BCUT2D eigenvalue weighted by molar-refractivity contribution is 1.23. The SMILES string of the molecule is Cc1ccc(Nc2nc(-c3cccs3)nc3ccccc23)cc1C. The lowest BCUT2D eigenvalue weighted by atomic mass is 10.1. The number of aromatic nitrogens is 2. The summed E-state index contributed by atoms with van der Waals surface area (Å²) in [5.74, 6) is 1.60. The zero-order chi connectivity index (χ0) is 16.5. The Labute approximate surface area is 145 Å². The van der Waals surface area contributed by atoms with Gasteiger partial charge in [0.2, 0.25) is 0 Å². The van der Waals surface area contributed by atoms with Crippen molar-refractivity contribution in [1.82, 2.24) is 9.97 Å². The molecule has 4 rings (SSSR count). The van der Waals surface area contributed by atoms with Crippen molar-refractivity contribution in [1.29, 1.82) is 0 Å². The molecule has 2 aromatic heterocycles. The molecular weight excluding hydrogens is 314 g/mol. The first-order valence-electron chi connectivity index (χ1n) is 7.85. The number of benzene rings is 2.